The molecule has 2 aliphatic carbocycles. The maximum absolute atomic E-state index is 12.6. The Balaban J connectivity index is 1.45. The van der Waals surface area contributed by atoms with Crippen molar-refractivity contribution in [3.63, 3.8) is 0 Å². The molecule has 1 aromatic heterocycles. The van der Waals surface area contributed by atoms with Crippen LogP contribution in [0.2, 0.25) is 0 Å². The van der Waals surface area contributed by atoms with Crippen molar-refractivity contribution in [3.05, 3.63) is 64.3 Å². The topological polar surface area (TPSA) is 71.4 Å². The van der Waals surface area contributed by atoms with Crippen LogP contribution in [-0.4, -0.2) is 22.5 Å². The number of rotatable bonds is 1. The molecule has 2 amide bonds. The molecule has 1 unspecified atom stereocenters. The number of thiazole rings is 1. The molecule has 5 rings (SSSR count). The Morgan fingerprint density at radius 3 is 3.07 bits per heavy atom. The summed E-state index contributed by atoms with van der Waals surface area (Å²) < 4.78 is 0.968. The molecule has 0 bridgehead atoms. The Kier molecular flexibility index (Phi) is 3.86. The number of hydrogen-bond donors (Lipinski definition) is 1. The van der Waals surface area contributed by atoms with Crippen LogP contribution < -0.4 is 5.32 Å². The molecular weight excluding hydrogens is 358 g/mol. The van der Waals surface area contributed by atoms with Crippen LogP contribution in [0, 0.1) is 5.92 Å². The third-order valence-electron chi connectivity index (χ3n) is 5.32. The van der Waals surface area contributed by atoms with Gasteiger partial charge >= 0.3 is 0 Å². The molecule has 2 aromatic rings. The van der Waals surface area contributed by atoms with E-state index < -0.39 is 0 Å². The highest BCUT2D eigenvalue weighted by Gasteiger charge is 2.33. The average Bonchev–Trinajstić information content (AvgIpc) is 3.16. The summed E-state index contributed by atoms with van der Waals surface area (Å²) in [5, 5.41) is 3.00. The van der Waals surface area contributed by atoms with Crippen molar-refractivity contribution in [2.75, 3.05) is 0 Å². The van der Waals surface area contributed by atoms with Crippen LogP contribution in [0.4, 0.5) is 0 Å². The number of carbonyl (C=O) groups excluding carboxylic acids is 2. The molecule has 5 nitrogen and oxygen atoms in total. The first kappa shape index (κ1) is 16.3. The number of hydrogen-bond acceptors (Lipinski definition) is 4. The average molecular weight is 375 g/mol. The van der Waals surface area contributed by atoms with E-state index in [1.807, 2.05) is 30.4 Å². The molecule has 0 fully saturated rings. The minimum absolute atomic E-state index is 0.00354. The van der Waals surface area contributed by atoms with Gasteiger partial charge in [-0.05, 0) is 61.6 Å². The first-order chi connectivity index (χ1) is 13.2. The number of amides is 2. The highest BCUT2D eigenvalue weighted by molar-refractivity contribution is 7.16. The lowest BCUT2D eigenvalue weighted by atomic mass is 9.77. The third-order valence-corrected chi connectivity index (χ3v) is 6.12. The van der Waals surface area contributed by atoms with Gasteiger partial charge in [-0.25, -0.2) is 9.98 Å². The van der Waals surface area contributed by atoms with E-state index in [0.29, 0.717) is 11.3 Å². The summed E-state index contributed by atoms with van der Waals surface area (Å²) in [6.07, 6.45) is 9.79. The lowest BCUT2D eigenvalue weighted by molar-refractivity contribution is -0.117. The summed E-state index contributed by atoms with van der Waals surface area (Å²) >= 11 is 1.50. The van der Waals surface area contributed by atoms with Gasteiger partial charge in [-0.15, -0.1) is 11.3 Å². The van der Waals surface area contributed by atoms with Crippen molar-refractivity contribution < 1.29 is 9.59 Å². The van der Waals surface area contributed by atoms with E-state index in [4.69, 9.17) is 0 Å². The number of benzene rings is 1. The molecule has 2 heterocycles. The van der Waals surface area contributed by atoms with Gasteiger partial charge in [-0.3, -0.25) is 9.59 Å². The number of carbonyl (C=O) groups is 2. The summed E-state index contributed by atoms with van der Waals surface area (Å²) in [5.74, 6) is -0.177. The van der Waals surface area contributed by atoms with E-state index in [-0.39, 0.29) is 17.7 Å². The molecule has 134 valence electrons. The Hall–Kier alpha value is -2.86. The fraction of sp³-hybridized carbons (Fsp3) is 0.238. The van der Waals surface area contributed by atoms with Crippen LogP contribution in [-0.2, 0) is 4.79 Å². The zero-order chi connectivity index (χ0) is 18.4. The Morgan fingerprint density at radius 1 is 1.26 bits per heavy atom. The van der Waals surface area contributed by atoms with Crippen LogP contribution >= 0.6 is 11.3 Å². The number of aromatic nitrogens is 1. The molecule has 0 saturated heterocycles. The summed E-state index contributed by atoms with van der Waals surface area (Å²) in [6, 6.07) is 5.41. The van der Waals surface area contributed by atoms with Gasteiger partial charge in [0.15, 0.2) is 0 Å². The molecule has 27 heavy (non-hydrogen) atoms. The van der Waals surface area contributed by atoms with Crippen molar-refractivity contribution in [3.8, 4) is 0 Å². The molecule has 6 heteroatoms. The van der Waals surface area contributed by atoms with Crippen LogP contribution in [0.3, 0.4) is 0 Å². The van der Waals surface area contributed by atoms with E-state index >= 15 is 0 Å². The zero-order valence-corrected chi connectivity index (χ0v) is 15.4. The number of nitrogens with zero attached hydrogens (tertiary/aromatic N) is 2. The van der Waals surface area contributed by atoms with E-state index in [9.17, 15) is 9.59 Å². The van der Waals surface area contributed by atoms with Gasteiger partial charge in [-0.2, -0.15) is 0 Å². The molecule has 0 spiro atoms. The molecular formula is C21H17N3O2S. The van der Waals surface area contributed by atoms with Crippen LogP contribution in [0.15, 0.2) is 63.8 Å². The molecule has 0 radical (unpaired) electrons. The van der Waals surface area contributed by atoms with Crippen molar-refractivity contribution >= 4 is 39.1 Å². The third kappa shape index (κ3) is 2.86. The number of allylic oxidation sites excluding steroid dienone is 3. The molecule has 0 saturated carbocycles. The summed E-state index contributed by atoms with van der Waals surface area (Å²) in [6.45, 7) is 0. The maximum Gasteiger partial charge on any atom is 0.277 e. The predicted molar refractivity (Wildman–Crippen MR) is 106 cm³/mol. The fourth-order valence-electron chi connectivity index (χ4n) is 3.99. The van der Waals surface area contributed by atoms with Crippen LogP contribution in [0.25, 0.3) is 10.2 Å². The number of nitrogens with one attached hydrogen (secondary N) is 1. The van der Waals surface area contributed by atoms with Gasteiger partial charge in [0, 0.05) is 22.8 Å². The van der Waals surface area contributed by atoms with E-state index in [0.717, 1.165) is 47.2 Å². The van der Waals surface area contributed by atoms with E-state index in [1.54, 1.807) is 11.6 Å². The highest BCUT2D eigenvalue weighted by atomic mass is 32.1. The second-order valence-electron chi connectivity index (χ2n) is 6.98. The summed E-state index contributed by atoms with van der Waals surface area (Å²) in [4.78, 5) is 33.4. The van der Waals surface area contributed by atoms with Crippen molar-refractivity contribution in [1.82, 2.24) is 10.3 Å². The second-order valence-corrected chi connectivity index (χ2v) is 7.86. The first-order valence-electron chi connectivity index (χ1n) is 9.08. The Morgan fingerprint density at radius 2 is 2.15 bits per heavy atom. The molecule has 3 aliphatic rings. The smallest absolute Gasteiger partial charge is 0.277 e. The quantitative estimate of drug-likeness (QED) is 0.820. The van der Waals surface area contributed by atoms with Gasteiger partial charge in [0.2, 0.25) is 0 Å². The van der Waals surface area contributed by atoms with E-state index in [1.165, 1.54) is 16.9 Å². The van der Waals surface area contributed by atoms with Gasteiger partial charge in [-0.1, -0.05) is 6.08 Å². The summed E-state index contributed by atoms with van der Waals surface area (Å²) in [5.41, 5.74) is 6.75. The number of fused-ring (bicyclic) bond motifs is 3. The van der Waals surface area contributed by atoms with Crippen LogP contribution in [0.1, 0.15) is 36.0 Å². The second kappa shape index (κ2) is 6.39. The van der Waals surface area contributed by atoms with Crippen LogP contribution in [0.5, 0.6) is 0 Å². The minimum Gasteiger partial charge on any atom is -0.325 e. The molecule has 1 aliphatic heterocycles. The zero-order valence-electron chi connectivity index (χ0n) is 14.6. The minimum atomic E-state index is -0.292. The monoisotopic (exact) mass is 375 g/mol. The van der Waals surface area contributed by atoms with Crippen molar-refractivity contribution in [1.29, 1.82) is 0 Å². The molecule has 1 aromatic carbocycles. The molecule has 1 N–H and O–H groups in total. The van der Waals surface area contributed by atoms with Crippen molar-refractivity contribution in [2.24, 2.45) is 10.9 Å². The van der Waals surface area contributed by atoms with E-state index in [2.05, 4.69) is 15.3 Å². The van der Waals surface area contributed by atoms with Gasteiger partial charge in [0.05, 0.1) is 21.4 Å². The Bertz CT molecular complexity index is 1100. The SMILES string of the molecule is O=C1NC2=CC(=NC(=O)c3ccc4ncsc4c3)C=CC2C2=C1CCCC2. The van der Waals surface area contributed by atoms with Crippen molar-refractivity contribution in [2.45, 2.75) is 25.7 Å². The fourth-order valence-corrected chi connectivity index (χ4v) is 4.71. The first-order valence-corrected chi connectivity index (χ1v) is 9.96. The van der Waals surface area contributed by atoms with Gasteiger partial charge < -0.3 is 5.32 Å². The predicted octanol–water partition coefficient (Wildman–Crippen LogP) is 3.95. The largest absolute Gasteiger partial charge is 0.325 e. The van der Waals surface area contributed by atoms with Gasteiger partial charge in [0.1, 0.15) is 0 Å². The summed E-state index contributed by atoms with van der Waals surface area (Å²) in [7, 11) is 0. The number of aliphatic imine (C=N–C) groups is 1. The lowest BCUT2D eigenvalue weighted by Gasteiger charge is -2.33. The Labute approximate surface area is 160 Å². The van der Waals surface area contributed by atoms with Gasteiger partial charge in [0.25, 0.3) is 11.8 Å². The maximum atomic E-state index is 12.6. The molecule has 1 atom stereocenters. The standard InChI is InChI=1S/C21H17N3O2S/c25-20(12-5-8-17-19(9-12)27-11-22-17)23-13-6-7-15-14-3-1-2-4-16(14)21(26)24-18(15)10-13/h5-11,15H,1-4H2,(H,24,26). The lowest BCUT2D eigenvalue weighted by Crippen LogP contribution is -2.37. The normalized spacial score (nSPS) is 23.1. The highest BCUT2D eigenvalue weighted by Crippen LogP contribution is 2.38.